The molecule has 27 heavy (non-hydrogen) atoms. The van der Waals surface area contributed by atoms with Gasteiger partial charge in [0.05, 0.1) is 4.90 Å². The highest BCUT2D eigenvalue weighted by molar-refractivity contribution is 7.89. The normalized spacial score (nSPS) is 15.1. The molecule has 144 valence electrons. The number of rotatable bonds is 5. The molecule has 1 saturated carbocycles. The zero-order valence-electron chi connectivity index (χ0n) is 16.0. The predicted octanol–water partition coefficient (Wildman–Crippen LogP) is 4.09. The van der Waals surface area contributed by atoms with Crippen molar-refractivity contribution in [3.63, 3.8) is 0 Å². The number of benzene rings is 2. The van der Waals surface area contributed by atoms with Gasteiger partial charge >= 0.3 is 0 Å². The van der Waals surface area contributed by atoms with Crippen molar-refractivity contribution < 1.29 is 13.2 Å². The predicted molar refractivity (Wildman–Crippen MR) is 108 cm³/mol. The summed E-state index contributed by atoms with van der Waals surface area (Å²) in [5, 5.41) is 2.92. The fraction of sp³-hybridized carbons (Fsp3) is 0.381. The first kappa shape index (κ1) is 19.6. The number of anilines is 1. The average Bonchev–Trinajstić information content (AvgIpc) is 3.10. The molecule has 0 unspecified atom stereocenters. The number of carbonyl (C=O) groups is 1. The van der Waals surface area contributed by atoms with E-state index in [-0.39, 0.29) is 16.8 Å². The maximum absolute atomic E-state index is 12.7. The second-order valence-electron chi connectivity index (χ2n) is 7.36. The quantitative estimate of drug-likeness (QED) is 0.813. The number of aryl methyl sites for hydroxylation is 3. The summed E-state index contributed by atoms with van der Waals surface area (Å²) in [7, 11) is -3.62. The molecule has 0 heterocycles. The Morgan fingerprint density at radius 2 is 1.63 bits per heavy atom. The van der Waals surface area contributed by atoms with Crippen LogP contribution in [0.2, 0.25) is 0 Å². The Bertz CT molecular complexity index is 938. The molecule has 5 nitrogen and oxygen atoms in total. The fourth-order valence-electron chi connectivity index (χ4n) is 3.70. The molecule has 0 bridgehead atoms. The molecule has 0 atom stereocenters. The van der Waals surface area contributed by atoms with Crippen molar-refractivity contribution in [3.8, 4) is 0 Å². The van der Waals surface area contributed by atoms with Gasteiger partial charge in [-0.3, -0.25) is 4.79 Å². The Morgan fingerprint density at radius 3 is 2.26 bits per heavy atom. The van der Waals surface area contributed by atoms with E-state index < -0.39 is 10.0 Å². The minimum Gasteiger partial charge on any atom is -0.322 e. The number of nitrogens with one attached hydrogen (secondary N) is 2. The van der Waals surface area contributed by atoms with E-state index in [0.717, 1.165) is 48.1 Å². The Labute approximate surface area is 161 Å². The van der Waals surface area contributed by atoms with Crippen molar-refractivity contribution >= 4 is 21.6 Å². The van der Waals surface area contributed by atoms with Gasteiger partial charge in [0.1, 0.15) is 0 Å². The molecule has 1 aliphatic carbocycles. The molecule has 1 fully saturated rings. The second-order valence-corrected chi connectivity index (χ2v) is 9.07. The van der Waals surface area contributed by atoms with Crippen LogP contribution in [0.25, 0.3) is 0 Å². The number of hydrogen-bond donors (Lipinski definition) is 2. The topological polar surface area (TPSA) is 75.3 Å². The summed E-state index contributed by atoms with van der Waals surface area (Å²) >= 11 is 0. The summed E-state index contributed by atoms with van der Waals surface area (Å²) in [5.41, 5.74) is 4.18. The molecule has 6 heteroatoms. The van der Waals surface area contributed by atoms with Gasteiger partial charge in [-0.2, -0.15) is 0 Å². The first-order valence-electron chi connectivity index (χ1n) is 9.28. The van der Waals surface area contributed by atoms with E-state index in [4.69, 9.17) is 0 Å². The van der Waals surface area contributed by atoms with Gasteiger partial charge in [0.15, 0.2) is 0 Å². The Kier molecular flexibility index (Phi) is 5.67. The highest BCUT2D eigenvalue weighted by Crippen LogP contribution is 2.24. The number of hydrogen-bond acceptors (Lipinski definition) is 3. The number of sulfonamides is 1. The maximum Gasteiger partial charge on any atom is 0.255 e. The molecule has 2 N–H and O–H groups in total. The molecular formula is C21H26N2O3S. The van der Waals surface area contributed by atoms with Crippen LogP contribution in [0, 0.1) is 20.8 Å². The van der Waals surface area contributed by atoms with E-state index in [1.54, 1.807) is 12.1 Å². The van der Waals surface area contributed by atoms with Crippen molar-refractivity contribution in [2.24, 2.45) is 0 Å². The fourth-order valence-corrected chi connectivity index (χ4v) is 5.05. The van der Waals surface area contributed by atoms with E-state index in [0.29, 0.717) is 5.56 Å². The molecule has 1 aliphatic rings. The van der Waals surface area contributed by atoms with Gasteiger partial charge in [-0.1, -0.05) is 36.6 Å². The lowest BCUT2D eigenvalue weighted by Gasteiger charge is -2.15. The minimum atomic E-state index is -3.62. The highest BCUT2D eigenvalue weighted by atomic mass is 32.2. The maximum atomic E-state index is 12.7. The zero-order chi connectivity index (χ0) is 19.6. The van der Waals surface area contributed by atoms with Gasteiger partial charge in [-0.05, 0) is 62.9 Å². The monoisotopic (exact) mass is 386 g/mol. The third-order valence-corrected chi connectivity index (χ3v) is 6.52. The van der Waals surface area contributed by atoms with Gasteiger partial charge in [-0.25, -0.2) is 13.1 Å². The first-order valence-corrected chi connectivity index (χ1v) is 10.8. The second kappa shape index (κ2) is 7.82. The molecule has 0 aliphatic heterocycles. The molecule has 0 saturated heterocycles. The summed E-state index contributed by atoms with van der Waals surface area (Å²) in [4.78, 5) is 12.8. The smallest absolute Gasteiger partial charge is 0.255 e. The lowest BCUT2D eigenvalue weighted by atomic mass is 10.0. The Hall–Kier alpha value is -2.18. The molecular weight excluding hydrogens is 360 g/mol. The van der Waals surface area contributed by atoms with Crippen LogP contribution in [0.5, 0.6) is 0 Å². The third-order valence-electron chi connectivity index (χ3n) is 5.00. The van der Waals surface area contributed by atoms with Gasteiger partial charge < -0.3 is 5.32 Å². The van der Waals surface area contributed by atoms with Crippen LogP contribution in [0.1, 0.15) is 52.7 Å². The van der Waals surface area contributed by atoms with Crippen molar-refractivity contribution in [2.45, 2.75) is 57.4 Å². The van der Waals surface area contributed by atoms with Crippen molar-refractivity contribution in [2.75, 3.05) is 5.32 Å². The van der Waals surface area contributed by atoms with E-state index in [1.807, 2.05) is 32.9 Å². The summed E-state index contributed by atoms with van der Waals surface area (Å²) in [6, 6.07) is 10.2. The lowest BCUT2D eigenvalue weighted by molar-refractivity contribution is 0.102. The van der Waals surface area contributed by atoms with Gasteiger partial charge in [0.25, 0.3) is 5.91 Å². The highest BCUT2D eigenvalue weighted by Gasteiger charge is 2.23. The van der Waals surface area contributed by atoms with Crippen LogP contribution in [0.15, 0.2) is 41.3 Å². The summed E-state index contributed by atoms with van der Waals surface area (Å²) < 4.78 is 28.0. The van der Waals surface area contributed by atoms with Gasteiger partial charge in [0.2, 0.25) is 10.0 Å². The van der Waals surface area contributed by atoms with Crippen LogP contribution < -0.4 is 10.0 Å². The van der Waals surface area contributed by atoms with Crippen molar-refractivity contribution in [3.05, 3.63) is 58.7 Å². The summed E-state index contributed by atoms with van der Waals surface area (Å²) in [5.74, 6) is -0.317. The summed E-state index contributed by atoms with van der Waals surface area (Å²) in [6.07, 6.45) is 3.83. The van der Waals surface area contributed by atoms with Crippen LogP contribution in [0.4, 0.5) is 5.69 Å². The SMILES string of the molecule is Cc1cc(C)c(NC(=O)c2cccc(S(=O)(=O)NC3CCCC3)c2)c(C)c1. The average molecular weight is 387 g/mol. The summed E-state index contributed by atoms with van der Waals surface area (Å²) in [6.45, 7) is 5.90. The largest absolute Gasteiger partial charge is 0.322 e. The van der Waals surface area contributed by atoms with Gasteiger partial charge in [-0.15, -0.1) is 0 Å². The van der Waals surface area contributed by atoms with E-state index in [2.05, 4.69) is 10.0 Å². The van der Waals surface area contributed by atoms with Crippen LogP contribution >= 0.6 is 0 Å². The molecule has 3 rings (SSSR count). The number of carbonyl (C=O) groups excluding carboxylic acids is 1. The van der Waals surface area contributed by atoms with Crippen molar-refractivity contribution in [1.82, 2.24) is 4.72 Å². The lowest BCUT2D eigenvalue weighted by Crippen LogP contribution is -2.32. The zero-order valence-corrected chi connectivity index (χ0v) is 16.8. The third kappa shape index (κ3) is 4.57. The van der Waals surface area contributed by atoms with E-state index in [9.17, 15) is 13.2 Å². The van der Waals surface area contributed by atoms with Crippen LogP contribution in [0.3, 0.4) is 0 Å². The minimum absolute atomic E-state index is 0.00894. The molecule has 2 aromatic carbocycles. The van der Waals surface area contributed by atoms with E-state index >= 15 is 0 Å². The molecule has 1 amide bonds. The van der Waals surface area contributed by atoms with Crippen LogP contribution in [-0.4, -0.2) is 20.4 Å². The first-order chi connectivity index (χ1) is 12.8. The molecule has 0 radical (unpaired) electrons. The molecule has 2 aromatic rings. The Morgan fingerprint density at radius 1 is 1.00 bits per heavy atom. The van der Waals surface area contributed by atoms with Gasteiger partial charge in [0, 0.05) is 17.3 Å². The van der Waals surface area contributed by atoms with Crippen molar-refractivity contribution in [1.29, 1.82) is 0 Å². The Balaban J connectivity index is 1.82. The van der Waals surface area contributed by atoms with Crippen LogP contribution in [-0.2, 0) is 10.0 Å². The number of amides is 1. The van der Waals surface area contributed by atoms with E-state index in [1.165, 1.54) is 12.1 Å². The molecule has 0 aromatic heterocycles. The standard InChI is InChI=1S/C21H26N2O3S/c1-14-11-15(2)20(16(3)12-14)22-21(24)17-7-6-10-19(13-17)27(25,26)23-18-8-4-5-9-18/h6-7,10-13,18,23H,4-5,8-9H2,1-3H3,(H,22,24). The molecule has 0 spiro atoms.